The van der Waals surface area contributed by atoms with Crippen LogP contribution in [0.2, 0.25) is 0 Å². The molecule has 3 rings (SSSR count). The average molecular weight is 258 g/mol. The minimum atomic E-state index is 0.159. The van der Waals surface area contributed by atoms with E-state index in [1.807, 2.05) is 0 Å². The van der Waals surface area contributed by atoms with Crippen molar-refractivity contribution in [1.82, 2.24) is 9.88 Å². The molecule has 0 bridgehead atoms. The molecule has 102 valence electrons. The molecule has 2 heterocycles. The van der Waals surface area contributed by atoms with Gasteiger partial charge in [0.2, 0.25) is 0 Å². The van der Waals surface area contributed by atoms with E-state index >= 15 is 0 Å². The predicted molar refractivity (Wildman–Crippen MR) is 78.9 cm³/mol. The SMILES string of the molecule is COc1cc(C)cc2c3c(n(C)c12)CNCC3(C)C. The Morgan fingerprint density at radius 1 is 1.32 bits per heavy atom. The third-order valence-electron chi connectivity index (χ3n) is 4.27. The number of hydrogen-bond acceptors (Lipinski definition) is 2. The summed E-state index contributed by atoms with van der Waals surface area (Å²) >= 11 is 0. The predicted octanol–water partition coefficient (Wildman–Crippen LogP) is 2.88. The zero-order valence-electron chi connectivity index (χ0n) is 12.4. The topological polar surface area (TPSA) is 26.2 Å². The molecule has 0 aliphatic carbocycles. The number of ether oxygens (including phenoxy) is 1. The summed E-state index contributed by atoms with van der Waals surface area (Å²) in [6, 6.07) is 4.41. The highest BCUT2D eigenvalue weighted by molar-refractivity contribution is 5.92. The molecule has 3 nitrogen and oxygen atoms in total. The van der Waals surface area contributed by atoms with Crippen molar-refractivity contribution in [2.75, 3.05) is 13.7 Å². The Kier molecular flexibility index (Phi) is 2.65. The van der Waals surface area contributed by atoms with E-state index < -0.39 is 0 Å². The van der Waals surface area contributed by atoms with Crippen molar-refractivity contribution in [3.05, 3.63) is 29.0 Å². The zero-order valence-corrected chi connectivity index (χ0v) is 12.4. The Labute approximate surface area is 114 Å². The number of fused-ring (bicyclic) bond motifs is 3. The van der Waals surface area contributed by atoms with E-state index in [0.29, 0.717) is 0 Å². The van der Waals surface area contributed by atoms with E-state index in [9.17, 15) is 0 Å². The first-order chi connectivity index (χ1) is 8.95. The zero-order chi connectivity index (χ0) is 13.8. The van der Waals surface area contributed by atoms with Crippen molar-refractivity contribution in [2.45, 2.75) is 32.7 Å². The van der Waals surface area contributed by atoms with Gasteiger partial charge in [0.15, 0.2) is 0 Å². The van der Waals surface area contributed by atoms with Gasteiger partial charge < -0.3 is 14.6 Å². The van der Waals surface area contributed by atoms with Crippen LogP contribution in [0.5, 0.6) is 5.75 Å². The first kappa shape index (κ1) is 12.5. The second kappa shape index (κ2) is 4.01. The monoisotopic (exact) mass is 258 g/mol. The summed E-state index contributed by atoms with van der Waals surface area (Å²) in [6.07, 6.45) is 0. The van der Waals surface area contributed by atoms with Crippen molar-refractivity contribution in [1.29, 1.82) is 0 Å². The maximum absolute atomic E-state index is 5.59. The van der Waals surface area contributed by atoms with Crippen LogP contribution in [0.25, 0.3) is 10.9 Å². The summed E-state index contributed by atoms with van der Waals surface area (Å²) in [5.41, 5.74) is 5.49. The first-order valence-corrected chi connectivity index (χ1v) is 6.83. The molecular formula is C16H22N2O. The van der Waals surface area contributed by atoms with E-state index in [1.165, 1.54) is 27.7 Å². The number of hydrogen-bond donors (Lipinski definition) is 1. The summed E-state index contributed by atoms with van der Waals surface area (Å²) < 4.78 is 7.88. The van der Waals surface area contributed by atoms with Crippen LogP contribution in [0.15, 0.2) is 12.1 Å². The van der Waals surface area contributed by atoms with Crippen LogP contribution < -0.4 is 10.1 Å². The van der Waals surface area contributed by atoms with Gasteiger partial charge in [0.1, 0.15) is 5.75 Å². The van der Waals surface area contributed by atoms with Crippen LogP contribution in [0.1, 0.15) is 30.7 Å². The highest BCUT2D eigenvalue weighted by Gasteiger charge is 2.33. The van der Waals surface area contributed by atoms with E-state index in [2.05, 4.69) is 49.8 Å². The molecule has 0 saturated carbocycles. The van der Waals surface area contributed by atoms with Gasteiger partial charge in [0.05, 0.1) is 12.6 Å². The fourth-order valence-electron chi connectivity index (χ4n) is 3.44. The number of nitrogens with one attached hydrogen (secondary N) is 1. The standard InChI is InChI=1S/C16H22N2O/c1-10-6-11-14-12(8-17-9-16(14,2)3)18(4)15(11)13(7-10)19-5/h6-7,17H,8-9H2,1-5H3. The molecule has 1 aliphatic rings. The molecule has 0 unspecified atom stereocenters. The largest absolute Gasteiger partial charge is 0.495 e. The summed E-state index contributed by atoms with van der Waals surface area (Å²) in [5, 5.41) is 4.87. The molecule has 2 aromatic rings. The molecule has 0 saturated heterocycles. The lowest BCUT2D eigenvalue weighted by Crippen LogP contribution is -2.38. The van der Waals surface area contributed by atoms with Gasteiger partial charge in [0, 0.05) is 36.6 Å². The Hall–Kier alpha value is -1.48. The van der Waals surface area contributed by atoms with Crippen LogP contribution in [0.4, 0.5) is 0 Å². The van der Waals surface area contributed by atoms with E-state index in [-0.39, 0.29) is 5.41 Å². The van der Waals surface area contributed by atoms with Crippen molar-refractivity contribution in [2.24, 2.45) is 7.05 Å². The van der Waals surface area contributed by atoms with E-state index in [0.717, 1.165) is 18.8 Å². The molecule has 1 N–H and O–H groups in total. The van der Waals surface area contributed by atoms with Crippen LogP contribution in [0.3, 0.4) is 0 Å². The van der Waals surface area contributed by atoms with Gasteiger partial charge in [-0.15, -0.1) is 0 Å². The van der Waals surface area contributed by atoms with E-state index in [4.69, 9.17) is 4.74 Å². The highest BCUT2D eigenvalue weighted by Crippen LogP contribution is 2.41. The van der Waals surface area contributed by atoms with Gasteiger partial charge in [0.25, 0.3) is 0 Å². The lowest BCUT2D eigenvalue weighted by atomic mass is 9.80. The maximum atomic E-state index is 5.59. The fourth-order valence-corrected chi connectivity index (χ4v) is 3.44. The molecule has 1 aliphatic heterocycles. The van der Waals surface area contributed by atoms with Crippen molar-refractivity contribution < 1.29 is 4.74 Å². The summed E-state index contributed by atoms with van der Waals surface area (Å²) in [7, 11) is 3.89. The van der Waals surface area contributed by atoms with Crippen molar-refractivity contribution in [3.63, 3.8) is 0 Å². The third kappa shape index (κ3) is 1.68. The Bertz CT molecular complexity index is 653. The molecule has 1 aromatic heterocycles. The van der Waals surface area contributed by atoms with Crippen LogP contribution in [-0.4, -0.2) is 18.2 Å². The molecule has 0 spiro atoms. The number of methoxy groups -OCH3 is 1. The minimum absolute atomic E-state index is 0.159. The molecule has 0 radical (unpaired) electrons. The van der Waals surface area contributed by atoms with Crippen molar-refractivity contribution >= 4 is 10.9 Å². The first-order valence-electron chi connectivity index (χ1n) is 6.83. The van der Waals surface area contributed by atoms with Gasteiger partial charge in [-0.3, -0.25) is 0 Å². The van der Waals surface area contributed by atoms with Gasteiger partial charge in [-0.25, -0.2) is 0 Å². The Morgan fingerprint density at radius 3 is 2.74 bits per heavy atom. The molecule has 3 heteroatoms. The van der Waals surface area contributed by atoms with E-state index in [1.54, 1.807) is 7.11 Å². The lowest BCUT2D eigenvalue weighted by Gasteiger charge is -2.31. The van der Waals surface area contributed by atoms with Gasteiger partial charge in [-0.05, 0) is 30.2 Å². The molecule has 0 fully saturated rings. The van der Waals surface area contributed by atoms with Crippen LogP contribution >= 0.6 is 0 Å². The summed E-state index contributed by atoms with van der Waals surface area (Å²) in [5.74, 6) is 0.975. The third-order valence-corrected chi connectivity index (χ3v) is 4.27. The van der Waals surface area contributed by atoms with Gasteiger partial charge >= 0.3 is 0 Å². The van der Waals surface area contributed by atoms with Crippen LogP contribution in [-0.2, 0) is 19.0 Å². The van der Waals surface area contributed by atoms with Gasteiger partial charge in [-0.2, -0.15) is 0 Å². The normalized spacial score (nSPS) is 17.5. The van der Waals surface area contributed by atoms with Crippen LogP contribution in [0, 0.1) is 6.92 Å². The van der Waals surface area contributed by atoms with Gasteiger partial charge in [-0.1, -0.05) is 13.8 Å². The highest BCUT2D eigenvalue weighted by atomic mass is 16.5. The summed E-state index contributed by atoms with van der Waals surface area (Å²) in [6.45, 7) is 8.72. The number of aryl methyl sites for hydroxylation is 2. The molecule has 0 amide bonds. The average Bonchev–Trinajstić information content (AvgIpc) is 2.63. The maximum Gasteiger partial charge on any atom is 0.143 e. The Morgan fingerprint density at radius 2 is 2.05 bits per heavy atom. The Balaban J connectivity index is 2.46. The molecule has 1 aromatic carbocycles. The molecule has 19 heavy (non-hydrogen) atoms. The number of nitrogens with zero attached hydrogens (tertiary/aromatic N) is 1. The fraction of sp³-hybridized carbons (Fsp3) is 0.500. The van der Waals surface area contributed by atoms with Crippen molar-refractivity contribution in [3.8, 4) is 5.75 Å². The molecule has 0 atom stereocenters. The second-order valence-corrected chi connectivity index (χ2v) is 6.23. The minimum Gasteiger partial charge on any atom is -0.495 e. The second-order valence-electron chi connectivity index (χ2n) is 6.23. The lowest BCUT2D eigenvalue weighted by molar-refractivity contribution is 0.416. The molecular weight excluding hydrogens is 236 g/mol. The number of benzene rings is 1. The summed E-state index contributed by atoms with van der Waals surface area (Å²) in [4.78, 5) is 0. The number of rotatable bonds is 1. The quantitative estimate of drug-likeness (QED) is 0.851. The smallest absolute Gasteiger partial charge is 0.143 e. The number of aromatic nitrogens is 1.